The fraction of sp³-hybridized carbons (Fsp3) is 0.308. The molecule has 20 heavy (non-hydrogen) atoms. The Labute approximate surface area is 120 Å². The van der Waals surface area contributed by atoms with Gasteiger partial charge in [-0.1, -0.05) is 16.8 Å². The predicted octanol–water partition coefficient (Wildman–Crippen LogP) is 2.33. The summed E-state index contributed by atoms with van der Waals surface area (Å²) in [6, 6.07) is 3.72. The van der Waals surface area contributed by atoms with Crippen LogP contribution in [0.1, 0.15) is 21.6 Å². The fourth-order valence-corrected chi connectivity index (χ4v) is 1.86. The normalized spacial score (nSPS) is 10.6. The lowest BCUT2D eigenvalue weighted by molar-refractivity contribution is 0.0690. The standard InChI is InChI=1S/C13H14ClN3O3/c1-8-5-10(6-9(2)12(8)14)20-4-3-17-7-11(13(18)19)15-16-17/h5-7H,3-4H2,1-2H3,(H,18,19). The lowest BCUT2D eigenvalue weighted by Gasteiger charge is -2.09. The number of halogens is 1. The number of nitrogens with zero attached hydrogens (tertiary/aromatic N) is 3. The number of carbonyl (C=O) groups is 1. The molecule has 0 bridgehead atoms. The van der Waals surface area contributed by atoms with Crippen LogP contribution in [-0.4, -0.2) is 32.7 Å². The van der Waals surface area contributed by atoms with Gasteiger partial charge in [0.2, 0.25) is 0 Å². The van der Waals surface area contributed by atoms with Gasteiger partial charge in [0.15, 0.2) is 5.69 Å². The van der Waals surface area contributed by atoms with Gasteiger partial charge < -0.3 is 9.84 Å². The lowest BCUT2D eigenvalue weighted by atomic mass is 10.1. The van der Waals surface area contributed by atoms with E-state index in [1.807, 2.05) is 26.0 Å². The van der Waals surface area contributed by atoms with E-state index in [1.54, 1.807) is 0 Å². The number of aromatic nitrogens is 3. The van der Waals surface area contributed by atoms with Gasteiger partial charge >= 0.3 is 5.97 Å². The van der Waals surface area contributed by atoms with Crippen LogP contribution in [0.4, 0.5) is 0 Å². The molecule has 1 heterocycles. The van der Waals surface area contributed by atoms with Crippen LogP contribution in [0.3, 0.4) is 0 Å². The third kappa shape index (κ3) is 3.27. The monoisotopic (exact) mass is 295 g/mol. The van der Waals surface area contributed by atoms with Crippen molar-refractivity contribution < 1.29 is 14.6 Å². The summed E-state index contributed by atoms with van der Waals surface area (Å²) in [4.78, 5) is 10.7. The summed E-state index contributed by atoms with van der Waals surface area (Å²) in [6.45, 7) is 4.61. The zero-order chi connectivity index (χ0) is 14.7. The van der Waals surface area contributed by atoms with Crippen LogP contribution in [0.15, 0.2) is 18.3 Å². The van der Waals surface area contributed by atoms with E-state index in [9.17, 15) is 4.79 Å². The largest absolute Gasteiger partial charge is 0.492 e. The number of benzene rings is 1. The van der Waals surface area contributed by atoms with Crippen LogP contribution in [0.25, 0.3) is 0 Å². The first-order valence-electron chi connectivity index (χ1n) is 6.00. The molecule has 0 saturated carbocycles. The average molecular weight is 296 g/mol. The molecule has 0 aliphatic rings. The number of hydrogen-bond donors (Lipinski definition) is 1. The molecule has 0 fully saturated rings. The van der Waals surface area contributed by atoms with Crippen molar-refractivity contribution in [2.24, 2.45) is 0 Å². The highest BCUT2D eigenvalue weighted by Gasteiger charge is 2.08. The highest BCUT2D eigenvalue weighted by Crippen LogP contribution is 2.25. The Kier molecular flexibility index (Phi) is 4.24. The molecule has 1 N–H and O–H groups in total. The molecular weight excluding hydrogens is 282 g/mol. The topological polar surface area (TPSA) is 77.2 Å². The summed E-state index contributed by atoms with van der Waals surface area (Å²) in [7, 11) is 0. The molecule has 0 unspecified atom stereocenters. The van der Waals surface area contributed by atoms with Gasteiger partial charge in [0.25, 0.3) is 0 Å². The van der Waals surface area contributed by atoms with Crippen molar-refractivity contribution in [2.45, 2.75) is 20.4 Å². The van der Waals surface area contributed by atoms with Crippen LogP contribution in [0.2, 0.25) is 5.02 Å². The summed E-state index contributed by atoms with van der Waals surface area (Å²) in [5.74, 6) is -0.371. The van der Waals surface area contributed by atoms with E-state index >= 15 is 0 Å². The first-order chi connectivity index (χ1) is 9.47. The van der Waals surface area contributed by atoms with E-state index in [-0.39, 0.29) is 5.69 Å². The molecule has 0 atom stereocenters. The van der Waals surface area contributed by atoms with E-state index in [1.165, 1.54) is 10.9 Å². The predicted molar refractivity (Wildman–Crippen MR) is 73.4 cm³/mol. The third-order valence-corrected chi connectivity index (χ3v) is 3.35. The second-order valence-electron chi connectivity index (χ2n) is 4.39. The van der Waals surface area contributed by atoms with Crippen LogP contribution in [0, 0.1) is 13.8 Å². The van der Waals surface area contributed by atoms with Crippen molar-refractivity contribution in [3.05, 3.63) is 40.2 Å². The maximum Gasteiger partial charge on any atom is 0.358 e. The van der Waals surface area contributed by atoms with E-state index < -0.39 is 5.97 Å². The van der Waals surface area contributed by atoms with E-state index in [0.717, 1.165) is 21.9 Å². The number of aryl methyl sites for hydroxylation is 2. The van der Waals surface area contributed by atoms with Crippen molar-refractivity contribution in [1.82, 2.24) is 15.0 Å². The van der Waals surface area contributed by atoms with Crippen molar-refractivity contribution >= 4 is 17.6 Å². The van der Waals surface area contributed by atoms with Crippen molar-refractivity contribution in [3.63, 3.8) is 0 Å². The van der Waals surface area contributed by atoms with E-state index in [2.05, 4.69) is 10.3 Å². The lowest BCUT2D eigenvalue weighted by Crippen LogP contribution is -2.09. The van der Waals surface area contributed by atoms with Gasteiger partial charge in [0, 0.05) is 5.02 Å². The molecule has 6 nitrogen and oxygen atoms in total. The maximum absolute atomic E-state index is 10.7. The molecule has 1 aromatic carbocycles. The first kappa shape index (κ1) is 14.3. The second kappa shape index (κ2) is 5.92. The summed E-state index contributed by atoms with van der Waals surface area (Å²) in [6.07, 6.45) is 1.37. The quantitative estimate of drug-likeness (QED) is 0.916. The van der Waals surface area contributed by atoms with E-state index in [0.29, 0.717) is 13.2 Å². The minimum absolute atomic E-state index is 0.0804. The Bertz CT molecular complexity index is 617. The summed E-state index contributed by atoms with van der Waals surface area (Å²) in [5, 5.41) is 16.7. The van der Waals surface area contributed by atoms with Gasteiger partial charge in [-0.15, -0.1) is 5.10 Å². The number of hydrogen-bond acceptors (Lipinski definition) is 4. The smallest absolute Gasteiger partial charge is 0.358 e. The molecular formula is C13H14ClN3O3. The number of aromatic carboxylic acids is 1. The second-order valence-corrected chi connectivity index (χ2v) is 4.77. The molecule has 0 aliphatic carbocycles. The first-order valence-corrected chi connectivity index (χ1v) is 6.38. The molecule has 0 aliphatic heterocycles. The molecule has 0 amide bonds. The van der Waals surface area contributed by atoms with Gasteiger partial charge in [-0.25, -0.2) is 9.48 Å². The third-order valence-electron chi connectivity index (χ3n) is 2.76. The van der Waals surface area contributed by atoms with Gasteiger partial charge in [0.05, 0.1) is 12.7 Å². The molecule has 1 aromatic heterocycles. The fourth-order valence-electron chi connectivity index (χ4n) is 1.75. The van der Waals surface area contributed by atoms with Gasteiger partial charge in [-0.3, -0.25) is 0 Å². The number of ether oxygens (including phenoxy) is 1. The van der Waals surface area contributed by atoms with Crippen molar-refractivity contribution in [1.29, 1.82) is 0 Å². The van der Waals surface area contributed by atoms with Crippen LogP contribution >= 0.6 is 11.6 Å². The highest BCUT2D eigenvalue weighted by molar-refractivity contribution is 6.32. The van der Waals surface area contributed by atoms with Crippen LogP contribution < -0.4 is 4.74 Å². The molecule has 106 valence electrons. The van der Waals surface area contributed by atoms with Crippen LogP contribution in [-0.2, 0) is 6.54 Å². The Hall–Kier alpha value is -2.08. The molecule has 7 heteroatoms. The zero-order valence-electron chi connectivity index (χ0n) is 11.1. The SMILES string of the molecule is Cc1cc(OCCn2cc(C(=O)O)nn2)cc(C)c1Cl. The number of carboxylic acids is 1. The summed E-state index contributed by atoms with van der Waals surface area (Å²) in [5.41, 5.74) is 1.83. The molecule has 0 saturated heterocycles. The number of carboxylic acid groups (broad SMARTS) is 1. The zero-order valence-corrected chi connectivity index (χ0v) is 11.9. The van der Waals surface area contributed by atoms with Gasteiger partial charge in [-0.2, -0.15) is 0 Å². The number of rotatable bonds is 5. The van der Waals surface area contributed by atoms with E-state index in [4.69, 9.17) is 21.4 Å². The maximum atomic E-state index is 10.7. The van der Waals surface area contributed by atoms with Gasteiger partial charge in [-0.05, 0) is 37.1 Å². The average Bonchev–Trinajstić information content (AvgIpc) is 2.85. The minimum atomic E-state index is -1.10. The summed E-state index contributed by atoms with van der Waals surface area (Å²) >= 11 is 6.08. The molecule has 0 radical (unpaired) electrons. The van der Waals surface area contributed by atoms with Crippen molar-refractivity contribution in [3.8, 4) is 5.75 Å². The van der Waals surface area contributed by atoms with Crippen molar-refractivity contribution in [2.75, 3.05) is 6.61 Å². The van der Waals surface area contributed by atoms with Gasteiger partial charge in [0.1, 0.15) is 12.4 Å². The molecule has 0 spiro atoms. The summed E-state index contributed by atoms with van der Waals surface area (Å²) < 4.78 is 7.03. The molecule has 2 aromatic rings. The molecule has 2 rings (SSSR count). The highest BCUT2D eigenvalue weighted by atomic mass is 35.5. The van der Waals surface area contributed by atoms with Crippen LogP contribution in [0.5, 0.6) is 5.75 Å². The Balaban J connectivity index is 1.94. The Morgan fingerprint density at radius 1 is 1.40 bits per heavy atom. The minimum Gasteiger partial charge on any atom is -0.492 e. The Morgan fingerprint density at radius 3 is 2.60 bits per heavy atom. The Morgan fingerprint density at radius 2 is 2.05 bits per heavy atom.